The van der Waals surface area contributed by atoms with Gasteiger partial charge in [0.2, 0.25) is 0 Å². The average molecular weight is 260 g/mol. The molecule has 0 aromatic heterocycles. The summed E-state index contributed by atoms with van der Waals surface area (Å²) in [6.45, 7) is 4.04. The minimum atomic E-state index is 0.897. The Labute approximate surface area is 122 Å². The van der Waals surface area contributed by atoms with Gasteiger partial charge in [0.25, 0.3) is 0 Å². The zero-order chi connectivity index (χ0) is 14.0. The van der Waals surface area contributed by atoms with E-state index in [-0.39, 0.29) is 0 Å². The van der Waals surface area contributed by atoms with Crippen LogP contribution < -0.4 is 0 Å². The maximum atomic E-state index is 4.04. The highest BCUT2D eigenvalue weighted by Gasteiger charge is 1.93. The van der Waals surface area contributed by atoms with Crippen LogP contribution in [0.1, 0.15) is 24.0 Å². The smallest absolute Gasteiger partial charge is 0.0133 e. The van der Waals surface area contributed by atoms with Gasteiger partial charge in [-0.05, 0) is 36.0 Å². The number of hydrogen-bond donors (Lipinski definition) is 0. The van der Waals surface area contributed by atoms with Crippen molar-refractivity contribution in [3.63, 3.8) is 0 Å². The summed E-state index contributed by atoms with van der Waals surface area (Å²) in [7, 11) is 0. The van der Waals surface area contributed by atoms with E-state index < -0.39 is 0 Å². The van der Waals surface area contributed by atoms with E-state index in [0.29, 0.717) is 0 Å². The second-order valence-corrected chi connectivity index (χ2v) is 4.88. The van der Waals surface area contributed by atoms with Gasteiger partial charge < -0.3 is 0 Å². The van der Waals surface area contributed by atoms with Crippen molar-refractivity contribution in [1.29, 1.82) is 0 Å². The van der Waals surface area contributed by atoms with Crippen LogP contribution in [0.15, 0.2) is 72.8 Å². The van der Waals surface area contributed by atoms with E-state index in [0.717, 1.165) is 31.3 Å². The molecule has 2 rings (SSSR count). The van der Waals surface area contributed by atoms with Crippen molar-refractivity contribution in [2.24, 2.45) is 0 Å². The van der Waals surface area contributed by atoms with Gasteiger partial charge in [0.05, 0.1) is 0 Å². The van der Waals surface area contributed by atoms with Gasteiger partial charge in [-0.2, -0.15) is 0 Å². The van der Waals surface area contributed by atoms with Gasteiger partial charge in [-0.25, -0.2) is 0 Å². The van der Waals surface area contributed by atoms with E-state index in [1.54, 1.807) is 0 Å². The zero-order valence-corrected chi connectivity index (χ0v) is 11.8. The fourth-order valence-corrected chi connectivity index (χ4v) is 2.04. The molecular weight excluding hydrogens is 240 g/mol. The third-order valence-electron chi connectivity index (χ3n) is 3.20. The van der Waals surface area contributed by atoms with Crippen LogP contribution in [0.4, 0.5) is 0 Å². The largest absolute Gasteiger partial charge is 0.0979 e. The van der Waals surface area contributed by atoms with Crippen molar-refractivity contribution in [3.05, 3.63) is 83.9 Å². The highest BCUT2D eigenvalue weighted by molar-refractivity contribution is 5.28. The second-order valence-electron chi connectivity index (χ2n) is 4.88. The first-order valence-electron chi connectivity index (χ1n) is 7.09. The summed E-state index contributed by atoms with van der Waals surface area (Å²) >= 11 is 0. The lowest BCUT2D eigenvalue weighted by Crippen LogP contribution is -1.86. The molecule has 0 amide bonds. The fourth-order valence-electron chi connectivity index (χ4n) is 2.04. The zero-order valence-electron chi connectivity index (χ0n) is 11.8. The molecule has 0 N–H and O–H groups in total. The van der Waals surface area contributed by atoms with Crippen LogP contribution in [0, 0.1) is 11.8 Å². The third kappa shape index (κ3) is 5.16. The van der Waals surface area contributed by atoms with Crippen molar-refractivity contribution in [2.75, 3.05) is 0 Å². The van der Waals surface area contributed by atoms with Gasteiger partial charge >= 0.3 is 0 Å². The SMILES string of the molecule is C=C(C#CCCc1ccccc1)CCc1ccccc1. The van der Waals surface area contributed by atoms with Gasteiger partial charge in [-0.15, -0.1) is 0 Å². The van der Waals surface area contributed by atoms with Crippen LogP contribution in [-0.2, 0) is 12.8 Å². The van der Waals surface area contributed by atoms with E-state index in [1.165, 1.54) is 11.1 Å². The van der Waals surface area contributed by atoms with E-state index in [1.807, 2.05) is 12.1 Å². The van der Waals surface area contributed by atoms with Gasteiger partial charge in [0.1, 0.15) is 0 Å². The maximum absolute atomic E-state index is 4.04. The minimum Gasteiger partial charge on any atom is -0.0979 e. The van der Waals surface area contributed by atoms with Gasteiger partial charge in [0.15, 0.2) is 0 Å². The lowest BCUT2D eigenvalue weighted by atomic mass is 10.1. The summed E-state index contributed by atoms with van der Waals surface area (Å²) in [4.78, 5) is 0. The lowest BCUT2D eigenvalue weighted by molar-refractivity contribution is 0.973. The van der Waals surface area contributed by atoms with Crippen LogP contribution in [0.5, 0.6) is 0 Å². The molecule has 0 nitrogen and oxygen atoms in total. The molecule has 0 aliphatic heterocycles. The third-order valence-corrected chi connectivity index (χ3v) is 3.20. The molecule has 2 aromatic rings. The molecule has 20 heavy (non-hydrogen) atoms. The van der Waals surface area contributed by atoms with Crippen LogP contribution in [0.25, 0.3) is 0 Å². The molecule has 0 heteroatoms. The predicted octanol–water partition coefficient (Wildman–Crippen LogP) is 4.81. The Morgan fingerprint density at radius 3 is 1.95 bits per heavy atom. The number of hydrogen-bond acceptors (Lipinski definition) is 0. The predicted molar refractivity (Wildman–Crippen MR) is 86.4 cm³/mol. The van der Waals surface area contributed by atoms with Gasteiger partial charge in [0, 0.05) is 6.42 Å². The van der Waals surface area contributed by atoms with Crippen LogP contribution in [0.3, 0.4) is 0 Å². The Bertz CT molecular complexity index is 582. The summed E-state index contributed by atoms with van der Waals surface area (Å²) in [5.74, 6) is 6.40. The molecule has 0 saturated carbocycles. The second kappa shape index (κ2) is 8.02. The molecular formula is C20H20. The number of rotatable bonds is 5. The van der Waals surface area contributed by atoms with Crippen molar-refractivity contribution in [2.45, 2.75) is 25.7 Å². The average Bonchev–Trinajstić information content (AvgIpc) is 2.52. The maximum Gasteiger partial charge on any atom is 0.0133 e. The number of allylic oxidation sites excluding steroid dienone is 1. The van der Waals surface area contributed by atoms with E-state index in [2.05, 4.69) is 67.0 Å². The van der Waals surface area contributed by atoms with Crippen LogP contribution in [0.2, 0.25) is 0 Å². The summed E-state index contributed by atoms with van der Waals surface area (Å²) in [6, 6.07) is 21.0. The lowest BCUT2D eigenvalue weighted by Gasteiger charge is -1.99. The standard InChI is InChI=1S/C20H20/c1-18(16-17-20-13-6-3-7-14-20)10-8-9-15-19-11-4-2-5-12-19/h2-7,11-14H,1,9,15-17H2. The van der Waals surface area contributed by atoms with E-state index >= 15 is 0 Å². The normalized spacial score (nSPS) is 9.60. The Morgan fingerprint density at radius 1 is 0.800 bits per heavy atom. The Kier molecular flexibility index (Phi) is 5.68. The number of aryl methyl sites for hydroxylation is 2. The first-order valence-corrected chi connectivity index (χ1v) is 7.09. The molecule has 0 atom stereocenters. The minimum absolute atomic E-state index is 0.897. The monoisotopic (exact) mass is 260 g/mol. The Morgan fingerprint density at radius 2 is 1.35 bits per heavy atom. The van der Waals surface area contributed by atoms with E-state index in [9.17, 15) is 0 Å². The molecule has 0 aliphatic carbocycles. The summed E-state index contributed by atoms with van der Waals surface area (Å²) in [5.41, 5.74) is 3.72. The van der Waals surface area contributed by atoms with Crippen molar-refractivity contribution >= 4 is 0 Å². The summed E-state index contributed by atoms with van der Waals surface area (Å²) < 4.78 is 0. The first-order chi connectivity index (χ1) is 9.84. The Balaban J connectivity index is 1.71. The van der Waals surface area contributed by atoms with Crippen LogP contribution >= 0.6 is 0 Å². The van der Waals surface area contributed by atoms with Crippen molar-refractivity contribution in [3.8, 4) is 11.8 Å². The molecule has 2 aromatic carbocycles. The van der Waals surface area contributed by atoms with Gasteiger partial charge in [-0.3, -0.25) is 0 Å². The Hall–Kier alpha value is -2.26. The van der Waals surface area contributed by atoms with Crippen LogP contribution in [-0.4, -0.2) is 0 Å². The quantitative estimate of drug-likeness (QED) is 0.677. The molecule has 0 heterocycles. The molecule has 0 radical (unpaired) electrons. The molecule has 0 bridgehead atoms. The molecule has 0 saturated heterocycles. The summed E-state index contributed by atoms with van der Waals surface area (Å²) in [5, 5.41) is 0. The van der Waals surface area contributed by atoms with Gasteiger partial charge in [-0.1, -0.05) is 79.1 Å². The number of benzene rings is 2. The highest BCUT2D eigenvalue weighted by atomic mass is 14.0. The topological polar surface area (TPSA) is 0 Å². The molecule has 100 valence electrons. The summed E-state index contributed by atoms with van der Waals surface area (Å²) in [6.07, 6.45) is 3.88. The highest BCUT2D eigenvalue weighted by Crippen LogP contribution is 2.07. The van der Waals surface area contributed by atoms with Crippen molar-refractivity contribution in [1.82, 2.24) is 0 Å². The van der Waals surface area contributed by atoms with Crippen molar-refractivity contribution < 1.29 is 0 Å². The molecule has 0 spiro atoms. The first kappa shape index (κ1) is 14.2. The fraction of sp³-hybridized carbons (Fsp3) is 0.200. The molecule has 0 fully saturated rings. The van der Waals surface area contributed by atoms with E-state index in [4.69, 9.17) is 0 Å². The molecule has 0 aliphatic rings. The molecule has 0 unspecified atom stereocenters.